The monoisotopic (exact) mass is 310 g/mol. The summed E-state index contributed by atoms with van der Waals surface area (Å²) in [5.74, 6) is 2.10. The molecule has 2 aliphatic heterocycles. The van der Waals surface area contributed by atoms with E-state index >= 15 is 0 Å². The lowest BCUT2D eigenvalue weighted by molar-refractivity contribution is 0.0944. The van der Waals surface area contributed by atoms with Crippen LogP contribution in [-0.2, 0) is 11.3 Å². The minimum atomic E-state index is 0.370. The molecular weight excluding hydrogens is 288 g/mol. The van der Waals surface area contributed by atoms with Crippen molar-refractivity contribution in [3.63, 3.8) is 0 Å². The predicted octanol–water partition coefficient (Wildman–Crippen LogP) is 2.04. The summed E-state index contributed by atoms with van der Waals surface area (Å²) >= 11 is 0. The van der Waals surface area contributed by atoms with Gasteiger partial charge in [0.1, 0.15) is 5.82 Å². The molecule has 2 saturated heterocycles. The van der Waals surface area contributed by atoms with E-state index in [-0.39, 0.29) is 0 Å². The predicted molar refractivity (Wildman–Crippen MR) is 89.0 cm³/mol. The van der Waals surface area contributed by atoms with Gasteiger partial charge in [-0.05, 0) is 24.3 Å². The highest BCUT2D eigenvalue weighted by molar-refractivity contribution is 5.33. The first-order valence-corrected chi connectivity index (χ1v) is 8.27. The normalized spacial score (nSPS) is 27.0. The van der Waals surface area contributed by atoms with Gasteiger partial charge in [0, 0.05) is 50.4 Å². The third kappa shape index (κ3) is 3.35. The average molecular weight is 310 g/mol. The molecule has 0 radical (unpaired) electrons. The molecule has 5 heteroatoms. The number of pyridine rings is 2. The van der Waals surface area contributed by atoms with Crippen molar-refractivity contribution < 1.29 is 4.74 Å². The van der Waals surface area contributed by atoms with E-state index in [9.17, 15) is 0 Å². The van der Waals surface area contributed by atoms with Crippen molar-refractivity contribution in [1.29, 1.82) is 0 Å². The molecule has 4 rings (SSSR count). The molecule has 120 valence electrons. The fourth-order valence-electron chi connectivity index (χ4n) is 3.64. The molecule has 0 aliphatic carbocycles. The zero-order valence-electron chi connectivity index (χ0n) is 13.1. The van der Waals surface area contributed by atoms with Crippen LogP contribution in [0.25, 0.3) is 0 Å². The molecule has 2 fully saturated rings. The van der Waals surface area contributed by atoms with Crippen molar-refractivity contribution >= 4 is 5.82 Å². The van der Waals surface area contributed by atoms with Crippen molar-refractivity contribution in [1.82, 2.24) is 14.9 Å². The Bertz CT molecular complexity index is 621. The third-order valence-electron chi connectivity index (χ3n) is 4.84. The molecule has 0 aromatic carbocycles. The van der Waals surface area contributed by atoms with Gasteiger partial charge in [-0.25, -0.2) is 4.98 Å². The molecule has 0 bridgehead atoms. The Labute approximate surface area is 136 Å². The molecule has 5 nitrogen and oxygen atoms in total. The van der Waals surface area contributed by atoms with Gasteiger partial charge in [0.15, 0.2) is 0 Å². The Morgan fingerprint density at radius 3 is 2.74 bits per heavy atom. The Hall–Kier alpha value is -1.98. The standard InChI is InChI=1S/C18H22N4O/c1-3-7-19-15(5-1)10-22-11-16-14(13-23-17(16)12-22)9-21-18-6-2-4-8-20-18/h1-8,14,16-17H,9-13H2,(H,20,21)/t14-,16-,17-/m1/s1. The fourth-order valence-corrected chi connectivity index (χ4v) is 3.64. The largest absolute Gasteiger partial charge is 0.376 e. The van der Waals surface area contributed by atoms with Gasteiger partial charge in [-0.2, -0.15) is 0 Å². The van der Waals surface area contributed by atoms with Crippen molar-refractivity contribution in [2.75, 3.05) is 31.6 Å². The third-order valence-corrected chi connectivity index (χ3v) is 4.84. The lowest BCUT2D eigenvalue weighted by atomic mass is 9.93. The zero-order chi connectivity index (χ0) is 15.5. The van der Waals surface area contributed by atoms with Crippen molar-refractivity contribution in [2.45, 2.75) is 12.6 Å². The van der Waals surface area contributed by atoms with Crippen molar-refractivity contribution in [3.8, 4) is 0 Å². The van der Waals surface area contributed by atoms with E-state index in [4.69, 9.17) is 4.74 Å². The van der Waals surface area contributed by atoms with E-state index in [0.717, 1.165) is 44.3 Å². The number of likely N-dealkylation sites (tertiary alicyclic amines) is 1. The Balaban J connectivity index is 1.32. The topological polar surface area (TPSA) is 50.3 Å². The molecule has 0 unspecified atom stereocenters. The first-order valence-electron chi connectivity index (χ1n) is 8.27. The molecule has 1 N–H and O–H groups in total. The van der Waals surface area contributed by atoms with Gasteiger partial charge < -0.3 is 10.1 Å². The van der Waals surface area contributed by atoms with Gasteiger partial charge in [0.25, 0.3) is 0 Å². The van der Waals surface area contributed by atoms with E-state index in [1.807, 2.05) is 36.7 Å². The summed E-state index contributed by atoms with van der Waals surface area (Å²) in [6.45, 7) is 4.80. The first kappa shape index (κ1) is 14.6. The summed E-state index contributed by atoms with van der Waals surface area (Å²) in [6, 6.07) is 12.1. The minimum absolute atomic E-state index is 0.370. The number of ether oxygens (including phenoxy) is 1. The second-order valence-electron chi connectivity index (χ2n) is 6.41. The molecule has 0 amide bonds. The summed E-state index contributed by atoms with van der Waals surface area (Å²) < 4.78 is 6.02. The van der Waals surface area contributed by atoms with E-state index in [1.54, 1.807) is 0 Å². The molecule has 23 heavy (non-hydrogen) atoms. The Morgan fingerprint density at radius 2 is 1.96 bits per heavy atom. The summed E-state index contributed by atoms with van der Waals surface area (Å²) in [4.78, 5) is 11.2. The molecule has 0 saturated carbocycles. The van der Waals surface area contributed by atoms with Crippen LogP contribution in [0.1, 0.15) is 5.69 Å². The number of aromatic nitrogens is 2. The summed E-state index contributed by atoms with van der Waals surface area (Å²) in [6.07, 6.45) is 4.05. The van der Waals surface area contributed by atoms with Crippen LogP contribution in [0.2, 0.25) is 0 Å². The maximum atomic E-state index is 6.02. The molecule has 4 heterocycles. The number of anilines is 1. The highest BCUT2D eigenvalue weighted by Crippen LogP contribution is 2.34. The maximum absolute atomic E-state index is 6.02. The zero-order valence-corrected chi connectivity index (χ0v) is 13.1. The van der Waals surface area contributed by atoms with Gasteiger partial charge in [0.05, 0.1) is 18.4 Å². The second kappa shape index (κ2) is 6.64. The van der Waals surface area contributed by atoms with Crippen LogP contribution in [0, 0.1) is 11.8 Å². The fraction of sp³-hybridized carbons (Fsp3) is 0.444. The molecule has 3 atom stereocenters. The van der Waals surface area contributed by atoms with Gasteiger partial charge in [-0.1, -0.05) is 12.1 Å². The molecule has 2 aromatic rings. The van der Waals surface area contributed by atoms with Crippen molar-refractivity contribution in [3.05, 3.63) is 54.5 Å². The number of nitrogens with zero attached hydrogens (tertiary/aromatic N) is 3. The van der Waals surface area contributed by atoms with Crippen molar-refractivity contribution in [2.24, 2.45) is 11.8 Å². The highest BCUT2D eigenvalue weighted by Gasteiger charge is 2.43. The van der Waals surface area contributed by atoms with Gasteiger partial charge >= 0.3 is 0 Å². The van der Waals surface area contributed by atoms with Crippen LogP contribution in [-0.4, -0.2) is 47.2 Å². The lowest BCUT2D eigenvalue weighted by Crippen LogP contribution is -2.27. The summed E-state index contributed by atoms with van der Waals surface area (Å²) in [7, 11) is 0. The molecular formula is C18H22N4O. The smallest absolute Gasteiger partial charge is 0.125 e. The van der Waals surface area contributed by atoms with Crippen LogP contribution in [0.5, 0.6) is 0 Å². The van der Waals surface area contributed by atoms with Crippen LogP contribution in [0.15, 0.2) is 48.8 Å². The number of fused-ring (bicyclic) bond motifs is 1. The van der Waals surface area contributed by atoms with E-state index in [2.05, 4.69) is 32.3 Å². The van der Waals surface area contributed by atoms with Crippen LogP contribution >= 0.6 is 0 Å². The number of nitrogens with one attached hydrogen (secondary N) is 1. The summed E-state index contributed by atoms with van der Waals surface area (Å²) in [5.41, 5.74) is 1.13. The van der Waals surface area contributed by atoms with Crippen LogP contribution in [0.3, 0.4) is 0 Å². The van der Waals surface area contributed by atoms with E-state index in [1.165, 1.54) is 0 Å². The number of hydrogen-bond donors (Lipinski definition) is 1. The Kier molecular flexibility index (Phi) is 4.22. The SMILES string of the molecule is c1ccc(CN2C[C@@H]3[C@H](CNc4ccccn4)CO[C@@H]3C2)nc1. The Morgan fingerprint density at radius 1 is 1.09 bits per heavy atom. The molecule has 2 aromatic heterocycles. The second-order valence-corrected chi connectivity index (χ2v) is 6.41. The molecule has 0 spiro atoms. The maximum Gasteiger partial charge on any atom is 0.125 e. The molecule has 2 aliphatic rings. The number of rotatable bonds is 5. The van der Waals surface area contributed by atoms with E-state index in [0.29, 0.717) is 17.9 Å². The summed E-state index contributed by atoms with van der Waals surface area (Å²) in [5, 5.41) is 3.44. The van der Waals surface area contributed by atoms with E-state index < -0.39 is 0 Å². The average Bonchev–Trinajstić information content (AvgIpc) is 3.15. The lowest BCUT2D eigenvalue weighted by Gasteiger charge is -2.19. The van der Waals surface area contributed by atoms with Crippen LogP contribution < -0.4 is 5.32 Å². The van der Waals surface area contributed by atoms with Gasteiger partial charge in [-0.3, -0.25) is 9.88 Å². The van der Waals surface area contributed by atoms with Gasteiger partial charge in [-0.15, -0.1) is 0 Å². The number of hydrogen-bond acceptors (Lipinski definition) is 5. The van der Waals surface area contributed by atoms with Gasteiger partial charge in [0.2, 0.25) is 0 Å². The van der Waals surface area contributed by atoms with Crippen LogP contribution in [0.4, 0.5) is 5.82 Å². The minimum Gasteiger partial charge on any atom is -0.376 e. The quantitative estimate of drug-likeness (QED) is 0.916. The first-order chi connectivity index (χ1) is 11.4. The highest BCUT2D eigenvalue weighted by atomic mass is 16.5.